The molecule has 28 heavy (non-hydrogen) atoms. The Bertz CT molecular complexity index is 625. The monoisotopic (exact) mass is 386 g/mol. The van der Waals surface area contributed by atoms with Crippen LogP contribution in [0.25, 0.3) is 0 Å². The van der Waals surface area contributed by atoms with E-state index < -0.39 is 0 Å². The molecule has 0 aromatic heterocycles. The summed E-state index contributed by atoms with van der Waals surface area (Å²) in [5.74, 6) is 2.00. The zero-order chi connectivity index (χ0) is 19.4. The molecule has 2 aliphatic rings. The normalized spacial score (nSPS) is 18.7. The lowest BCUT2D eigenvalue weighted by Crippen LogP contribution is -2.53. The second-order valence-corrected chi connectivity index (χ2v) is 7.16. The van der Waals surface area contributed by atoms with Gasteiger partial charge in [0.2, 0.25) is 0 Å². The van der Waals surface area contributed by atoms with Crippen LogP contribution >= 0.6 is 0 Å². The van der Waals surface area contributed by atoms with Crippen LogP contribution in [0.4, 0.5) is 0 Å². The Morgan fingerprint density at radius 1 is 1.18 bits per heavy atom. The summed E-state index contributed by atoms with van der Waals surface area (Å²) in [6.45, 7) is 11.3. The standard InChI is InChI=1S/C22H34N4O2/c1-2-23-22(24-11-8-20-9-17-27-18-10-20)26-14-12-25(13-15-26)16-19-28-21-6-4-3-5-7-21/h3-7,9H,2,8,10-19H2,1H3,(H,23,24). The highest BCUT2D eigenvalue weighted by molar-refractivity contribution is 5.80. The summed E-state index contributed by atoms with van der Waals surface area (Å²) in [6.07, 6.45) is 4.30. The molecule has 1 saturated heterocycles. The van der Waals surface area contributed by atoms with Crippen LogP contribution in [0.1, 0.15) is 19.8 Å². The molecule has 0 spiro atoms. The summed E-state index contributed by atoms with van der Waals surface area (Å²) >= 11 is 0. The summed E-state index contributed by atoms with van der Waals surface area (Å²) in [5.41, 5.74) is 1.48. The summed E-state index contributed by atoms with van der Waals surface area (Å²) in [4.78, 5) is 9.72. The molecular formula is C22H34N4O2. The third kappa shape index (κ3) is 6.84. The van der Waals surface area contributed by atoms with Crippen molar-refractivity contribution in [3.8, 4) is 5.75 Å². The Balaban J connectivity index is 1.39. The molecule has 2 aliphatic heterocycles. The molecule has 6 nitrogen and oxygen atoms in total. The van der Waals surface area contributed by atoms with Gasteiger partial charge in [0.05, 0.1) is 13.2 Å². The first-order valence-corrected chi connectivity index (χ1v) is 10.5. The first kappa shape index (κ1) is 20.7. The first-order valence-electron chi connectivity index (χ1n) is 10.5. The Morgan fingerprint density at radius 2 is 2.00 bits per heavy atom. The average Bonchev–Trinajstić information content (AvgIpc) is 2.75. The fraction of sp³-hybridized carbons (Fsp3) is 0.591. The average molecular weight is 387 g/mol. The second kappa shape index (κ2) is 11.7. The van der Waals surface area contributed by atoms with E-state index >= 15 is 0 Å². The van der Waals surface area contributed by atoms with Crippen LogP contribution in [0.3, 0.4) is 0 Å². The molecule has 0 aliphatic carbocycles. The van der Waals surface area contributed by atoms with Gasteiger partial charge in [0, 0.05) is 45.8 Å². The third-order valence-corrected chi connectivity index (χ3v) is 5.18. The van der Waals surface area contributed by atoms with Gasteiger partial charge in [-0.25, -0.2) is 0 Å². The van der Waals surface area contributed by atoms with Gasteiger partial charge in [-0.15, -0.1) is 0 Å². The number of benzene rings is 1. The Kier molecular flexibility index (Phi) is 8.65. The number of aliphatic imine (C=N–C) groups is 1. The Hall–Kier alpha value is -2.05. The van der Waals surface area contributed by atoms with Crippen LogP contribution in [0.5, 0.6) is 5.75 Å². The fourth-order valence-electron chi connectivity index (χ4n) is 3.52. The van der Waals surface area contributed by atoms with E-state index in [0.29, 0.717) is 0 Å². The van der Waals surface area contributed by atoms with Crippen LogP contribution in [-0.4, -0.2) is 81.4 Å². The van der Waals surface area contributed by atoms with Crippen molar-refractivity contribution in [3.05, 3.63) is 42.0 Å². The number of hydrogen-bond acceptors (Lipinski definition) is 4. The number of nitrogens with zero attached hydrogens (tertiary/aromatic N) is 3. The number of guanidine groups is 1. The van der Waals surface area contributed by atoms with Gasteiger partial charge in [0.25, 0.3) is 0 Å². The molecule has 3 rings (SSSR count). The van der Waals surface area contributed by atoms with Gasteiger partial charge in [-0.05, 0) is 31.9 Å². The zero-order valence-corrected chi connectivity index (χ0v) is 17.1. The van der Waals surface area contributed by atoms with E-state index in [0.717, 1.165) is 90.2 Å². The van der Waals surface area contributed by atoms with Crippen LogP contribution in [0.2, 0.25) is 0 Å². The minimum absolute atomic E-state index is 0.733. The van der Waals surface area contributed by atoms with Crippen molar-refractivity contribution >= 4 is 5.96 Å². The highest BCUT2D eigenvalue weighted by Crippen LogP contribution is 2.12. The lowest BCUT2D eigenvalue weighted by molar-refractivity contribution is 0.152. The van der Waals surface area contributed by atoms with Gasteiger partial charge in [-0.3, -0.25) is 9.89 Å². The van der Waals surface area contributed by atoms with Crippen LogP contribution in [-0.2, 0) is 4.74 Å². The topological polar surface area (TPSA) is 49.3 Å². The van der Waals surface area contributed by atoms with E-state index in [1.165, 1.54) is 5.57 Å². The van der Waals surface area contributed by atoms with Gasteiger partial charge in [-0.2, -0.15) is 0 Å². The minimum Gasteiger partial charge on any atom is -0.492 e. The van der Waals surface area contributed by atoms with Crippen LogP contribution in [0.15, 0.2) is 47.0 Å². The maximum atomic E-state index is 5.83. The first-order chi connectivity index (χ1) is 13.8. The summed E-state index contributed by atoms with van der Waals surface area (Å²) in [6, 6.07) is 10.0. The quantitative estimate of drug-likeness (QED) is 0.422. The molecule has 0 bridgehead atoms. The summed E-state index contributed by atoms with van der Waals surface area (Å²) in [5, 5.41) is 3.46. The largest absolute Gasteiger partial charge is 0.492 e. The van der Waals surface area contributed by atoms with E-state index in [4.69, 9.17) is 14.5 Å². The van der Waals surface area contributed by atoms with Crippen molar-refractivity contribution in [3.63, 3.8) is 0 Å². The minimum atomic E-state index is 0.733. The van der Waals surface area contributed by atoms with E-state index in [9.17, 15) is 0 Å². The Labute approximate surface area is 169 Å². The second-order valence-electron chi connectivity index (χ2n) is 7.16. The number of rotatable bonds is 8. The van der Waals surface area contributed by atoms with Crippen molar-refractivity contribution < 1.29 is 9.47 Å². The number of para-hydroxylation sites is 1. The molecule has 0 atom stereocenters. The predicted molar refractivity (Wildman–Crippen MR) is 114 cm³/mol. The van der Waals surface area contributed by atoms with Crippen LogP contribution in [0, 0.1) is 0 Å². The molecule has 1 fully saturated rings. The van der Waals surface area contributed by atoms with Gasteiger partial charge in [0.1, 0.15) is 12.4 Å². The molecule has 0 unspecified atom stereocenters. The van der Waals surface area contributed by atoms with E-state index in [2.05, 4.69) is 28.1 Å². The third-order valence-electron chi connectivity index (χ3n) is 5.18. The Morgan fingerprint density at radius 3 is 2.71 bits per heavy atom. The van der Waals surface area contributed by atoms with Gasteiger partial charge >= 0.3 is 0 Å². The van der Waals surface area contributed by atoms with Crippen molar-refractivity contribution in [2.45, 2.75) is 19.8 Å². The summed E-state index contributed by atoms with van der Waals surface area (Å²) in [7, 11) is 0. The fourth-order valence-corrected chi connectivity index (χ4v) is 3.52. The SMILES string of the molecule is CCNC(=NCCC1=CCOCC1)N1CCN(CCOc2ccccc2)CC1. The molecule has 154 valence electrons. The predicted octanol–water partition coefficient (Wildman–Crippen LogP) is 2.39. The molecule has 0 saturated carbocycles. The number of piperazine rings is 1. The molecular weight excluding hydrogens is 352 g/mol. The lowest BCUT2D eigenvalue weighted by Gasteiger charge is -2.36. The van der Waals surface area contributed by atoms with E-state index in [1.54, 1.807) is 0 Å². The van der Waals surface area contributed by atoms with Crippen molar-refractivity contribution in [1.29, 1.82) is 0 Å². The number of hydrogen-bond donors (Lipinski definition) is 1. The van der Waals surface area contributed by atoms with Gasteiger partial charge < -0.3 is 19.7 Å². The van der Waals surface area contributed by atoms with E-state index in [-0.39, 0.29) is 0 Å². The smallest absolute Gasteiger partial charge is 0.194 e. The van der Waals surface area contributed by atoms with Crippen molar-refractivity contribution in [1.82, 2.24) is 15.1 Å². The number of ether oxygens (including phenoxy) is 2. The molecule has 2 heterocycles. The van der Waals surface area contributed by atoms with Gasteiger partial charge in [-0.1, -0.05) is 29.8 Å². The maximum Gasteiger partial charge on any atom is 0.194 e. The summed E-state index contributed by atoms with van der Waals surface area (Å²) < 4.78 is 11.2. The van der Waals surface area contributed by atoms with Gasteiger partial charge in [0.15, 0.2) is 5.96 Å². The highest BCUT2D eigenvalue weighted by atomic mass is 16.5. The van der Waals surface area contributed by atoms with Crippen LogP contribution < -0.4 is 10.1 Å². The lowest BCUT2D eigenvalue weighted by atomic mass is 10.1. The number of nitrogens with one attached hydrogen (secondary N) is 1. The van der Waals surface area contributed by atoms with Crippen molar-refractivity contribution in [2.75, 3.05) is 65.6 Å². The highest BCUT2D eigenvalue weighted by Gasteiger charge is 2.19. The molecule has 1 aromatic carbocycles. The molecule has 6 heteroatoms. The van der Waals surface area contributed by atoms with Crippen molar-refractivity contribution in [2.24, 2.45) is 4.99 Å². The maximum absolute atomic E-state index is 5.83. The molecule has 1 aromatic rings. The molecule has 0 radical (unpaired) electrons. The molecule has 0 amide bonds. The van der Waals surface area contributed by atoms with E-state index in [1.807, 2.05) is 30.3 Å². The molecule has 1 N–H and O–H groups in total. The zero-order valence-electron chi connectivity index (χ0n) is 17.1.